The lowest BCUT2D eigenvalue weighted by Gasteiger charge is -2.23. The van der Waals surface area contributed by atoms with Gasteiger partial charge in [-0.2, -0.15) is 0 Å². The normalized spacial score (nSPS) is 18.6. The highest BCUT2D eigenvalue weighted by molar-refractivity contribution is 5.95. The first kappa shape index (κ1) is 14.7. The average molecular weight is 277 g/mol. The Morgan fingerprint density at radius 2 is 2.25 bits per heavy atom. The highest BCUT2D eigenvalue weighted by Gasteiger charge is 2.14. The van der Waals surface area contributed by atoms with E-state index >= 15 is 0 Å². The van der Waals surface area contributed by atoms with Crippen LogP contribution in [-0.4, -0.2) is 44.2 Å². The van der Waals surface area contributed by atoms with Gasteiger partial charge in [0.1, 0.15) is 0 Å². The number of ether oxygens (including phenoxy) is 1. The molecular weight excluding hydrogens is 254 g/mol. The van der Waals surface area contributed by atoms with E-state index in [0.29, 0.717) is 11.3 Å². The molecule has 1 aliphatic rings. The molecule has 1 amide bonds. The quantitative estimate of drug-likeness (QED) is 0.825. The number of nitrogens with one attached hydrogen (secondary N) is 1. The fourth-order valence-electron chi connectivity index (χ4n) is 2.31. The van der Waals surface area contributed by atoms with Gasteiger partial charge in [-0.3, -0.25) is 4.79 Å². The number of nitrogens with zero attached hydrogens (tertiary/aromatic N) is 1. The molecule has 1 aromatic rings. The van der Waals surface area contributed by atoms with Gasteiger partial charge in [-0.1, -0.05) is 0 Å². The number of hydrogen-bond donors (Lipinski definition) is 2. The van der Waals surface area contributed by atoms with Crippen molar-refractivity contribution < 1.29 is 9.53 Å². The van der Waals surface area contributed by atoms with Crippen molar-refractivity contribution in [1.82, 2.24) is 4.90 Å². The summed E-state index contributed by atoms with van der Waals surface area (Å²) in [5.74, 6) is -0.0427. The fourth-order valence-corrected chi connectivity index (χ4v) is 2.31. The molecule has 0 radical (unpaired) electrons. The minimum atomic E-state index is -0.0427. The van der Waals surface area contributed by atoms with E-state index in [-0.39, 0.29) is 12.0 Å². The Bertz CT molecular complexity index is 468. The lowest BCUT2D eigenvalue weighted by molar-refractivity contribution is 0.0248. The van der Waals surface area contributed by atoms with E-state index in [1.807, 2.05) is 6.07 Å². The Hall–Kier alpha value is -1.75. The Morgan fingerprint density at radius 3 is 2.85 bits per heavy atom. The van der Waals surface area contributed by atoms with Crippen molar-refractivity contribution in [2.24, 2.45) is 0 Å². The van der Waals surface area contributed by atoms with Gasteiger partial charge in [0.2, 0.25) is 0 Å². The molecule has 5 heteroatoms. The van der Waals surface area contributed by atoms with Crippen LogP contribution in [0.15, 0.2) is 18.2 Å². The molecule has 0 saturated carbocycles. The second kappa shape index (κ2) is 6.61. The maximum atomic E-state index is 11.8. The number of carbonyl (C=O) groups is 1. The first-order valence-corrected chi connectivity index (χ1v) is 7.04. The standard InChI is InChI=1S/C15H23N3O2/c1-18(2)15(19)11-6-7-14(13(16)9-11)17-10-12-5-3-4-8-20-12/h6-7,9,12,17H,3-5,8,10,16H2,1-2H3. The number of nitrogens with two attached hydrogens (primary N) is 1. The monoisotopic (exact) mass is 277 g/mol. The van der Waals surface area contributed by atoms with E-state index in [0.717, 1.165) is 31.7 Å². The lowest BCUT2D eigenvalue weighted by atomic mass is 10.1. The van der Waals surface area contributed by atoms with Crippen LogP contribution in [0.2, 0.25) is 0 Å². The highest BCUT2D eigenvalue weighted by atomic mass is 16.5. The molecule has 1 unspecified atom stereocenters. The molecule has 1 fully saturated rings. The zero-order valence-corrected chi connectivity index (χ0v) is 12.2. The molecule has 1 heterocycles. The summed E-state index contributed by atoms with van der Waals surface area (Å²) in [7, 11) is 3.45. The van der Waals surface area contributed by atoms with Crippen molar-refractivity contribution in [2.45, 2.75) is 25.4 Å². The molecule has 0 bridgehead atoms. The molecular formula is C15H23N3O2. The third kappa shape index (κ3) is 3.63. The second-order valence-corrected chi connectivity index (χ2v) is 5.37. The molecule has 1 aromatic carbocycles. The summed E-state index contributed by atoms with van der Waals surface area (Å²) in [5.41, 5.74) is 8.05. The third-order valence-corrected chi connectivity index (χ3v) is 3.50. The van der Waals surface area contributed by atoms with Gasteiger partial charge in [0.25, 0.3) is 5.91 Å². The van der Waals surface area contributed by atoms with E-state index in [9.17, 15) is 4.79 Å². The fraction of sp³-hybridized carbons (Fsp3) is 0.533. The molecule has 0 spiro atoms. The average Bonchev–Trinajstić information content (AvgIpc) is 2.46. The summed E-state index contributed by atoms with van der Waals surface area (Å²) in [6.45, 7) is 1.60. The van der Waals surface area contributed by atoms with E-state index in [4.69, 9.17) is 10.5 Å². The molecule has 1 saturated heterocycles. The van der Waals surface area contributed by atoms with E-state index in [2.05, 4.69) is 5.32 Å². The second-order valence-electron chi connectivity index (χ2n) is 5.37. The SMILES string of the molecule is CN(C)C(=O)c1ccc(NCC2CCCCO2)c(N)c1. The van der Waals surface area contributed by atoms with E-state index in [1.165, 1.54) is 11.3 Å². The highest BCUT2D eigenvalue weighted by Crippen LogP contribution is 2.21. The van der Waals surface area contributed by atoms with Crippen molar-refractivity contribution in [3.05, 3.63) is 23.8 Å². The number of benzene rings is 1. The van der Waals surface area contributed by atoms with Crippen molar-refractivity contribution >= 4 is 17.3 Å². The van der Waals surface area contributed by atoms with Gasteiger partial charge in [-0.25, -0.2) is 0 Å². The predicted molar refractivity (Wildman–Crippen MR) is 81.0 cm³/mol. The predicted octanol–water partition coefficient (Wildman–Crippen LogP) is 1.95. The van der Waals surface area contributed by atoms with Crippen molar-refractivity contribution in [3.63, 3.8) is 0 Å². The van der Waals surface area contributed by atoms with Gasteiger partial charge in [0.05, 0.1) is 17.5 Å². The molecule has 5 nitrogen and oxygen atoms in total. The molecule has 1 atom stereocenters. The van der Waals surface area contributed by atoms with Gasteiger partial charge in [0.15, 0.2) is 0 Å². The summed E-state index contributed by atoms with van der Waals surface area (Å²) in [4.78, 5) is 13.4. The van der Waals surface area contributed by atoms with Gasteiger partial charge in [-0.05, 0) is 37.5 Å². The zero-order valence-electron chi connectivity index (χ0n) is 12.2. The summed E-state index contributed by atoms with van der Waals surface area (Å²) in [6.07, 6.45) is 3.72. The summed E-state index contributed by atoms with van der Waals surface area (Å²) in [5, 5.41) is 3.30. The molecule has 20 heavy (non-hydrogen) atoms. The number of amides is 1. The van der Waals surface area contributed by atoms with Crippen LogP contribution in [0.1, 0.15) is 29.6 Å². The molecule has 1 aliphatic heterocycles. The van der Waals surface area contributed by atoms with Crippen LogP contribution in [0.4, 0.5) is 11.4 Å². The number of carbonyl (C=O) groups excluding carboxylic acids is 1. The van der Waals surface area contributed by atoms with Gasteiger partial charge >= 0.3 is 0 Å². The topological polar surface area (TPSA) is 67.6 Å². The van der Waals surface area contributed by atoms with Crippen molar-refractivity contribution in [2.75, 3.05) is 38.3 Å². The molecule has 0 aliphatic carbocycles. The van der Waals surface area contributed by atoms with Gasteiger partial charge in [-0.15, -0.1) is 0 Å². The minimum absolute atomic E-state index is 0.0427. The van der Waals surface area contributed by atoms with E-state index in [1.54, 1.807) is 26.2 Å². The lowest BCUT2D eigenvalue weighted by Crippen LogP contribution is -2.27. The molecule has 3 N–H and O–H groups in total. The minimum Gasteiger partial charge on any atom is -0.397 e. The number of hydrogen-bond acceptors (Lipinski definition) is 4. The van der Waals surface area contributed by atoms with Gasteiger partial charge < -0.3 is 20.7 Å². The molecule has 2 rings (SSSR count). The number of anilines is 2. The largest absolute Gasteiger partial charge is 0.397 e. The third-order valence-electron chi connectivity index (χ3n) is 3.50. The van der Waals surface area contributed by atoms with Crippen molar-refractivity contribution in [1.29, 1.82) is 0 Å². The maximum absolute atomic E-state index is 11.8. The van der Waals surface area contributed by atoms with Crippen LogP contribution in [0.25, 0.3) is 0 Å². The first-order chi connectivity index (χ1) is 9.58. The summed E-state index contributed by atoms with van der Waals surface area (Å²) < 4.78 is 5.67. The first-order valence-electron chi connectivity index (χ1n) is 7.04. The summed E-state index contributed by atoms with van der Waals surface area (Å²) in [6, 6.07) is 5.37. The Kier molecular flexibility index (Phi) is 4.84. The number of nitrogen functional groups attached to an aromatic ring is 1. The Labute approximate surface area is 120 Å². The van der Waals surface area contributed by atoms with E-state index < -0.39 is 0 Å². The van der Waals surface area contributed by atoms with Crippen LogP contribution >= 0.6 is 0 Å². The maximum Gasteiger partial charge on any atom is 0.253 e. The van der Waals surface area contributed by atoms with Crippen molar-refractivity contribution in [3.8, 4) is 0 Å². The van der Waals surface area contributed by atoms with Crippen LogP contribution in [-0.2, 0) is 4.74 Å². The van der Waals surface area contributed by atoms with Crippen LogP contribution in [0.3, 0.4) is 0 Å². The zero-order chi connectivity index (χ0) is 14.5. The van der Waals surface area contributed by atoms with Crippen LogP contribution < -0.4 is 11.1 Å². The number of rotatable bonds is 4. The Balaban J connectivity index is 1.97. The Morgan fingerprint density at radius 1 is 1.45 bits per heavy atom. The van der Waals surface area contributed by atoms with Gasteiger partial charge in [0, 0.05) is 32.8 Å². The summed E-state index contributed by atoms with van der Waals surface area (Å²) >= 11 is 0. The van der Waals surface area contributed by atoms with Crippen LogP contribution in [0, 0.1) is 0 Å². The molecule has 110 valence electrons. The molecule has 0 aromatic heterocycles. The smallest absolute Gasteiger partial charge is 0.253 e. The van der Waals surface area contributed by atoms with Crippen LogP contribution in [0.5, 0.6) is 0 Å².